The largest absolute Gasteiger partial charge is 0.494 e. The van der Waals surface area contributed by atoms with Gasteiger partial charge in [0.05, 0.1) is 35.8 Å². The van der Waals surface area contributed by atoms with Gasteiger partial charge in [0.1, 0.15) is 17.2 Å². The molecule has 0 aliphatic carbocycles. The highest BCUT2D eigenvalue weighted by molar-refractivity contribution is 7.29. The first kappa shape index (κ1) is 37.1. The number of esters is 2. The van der Waals surface area contributed by atoms with E-state index in [0.717, 1.165) is 75.9 Å². The summed E-state index contributed by atoms with van der Waals surface area (Å²) < 4.78 is 17.0. The minimum absolute atomic E-state index is 0.294. The lowest BCUT2D eigenvalue weighted by molar-refractivity contribution is -0.138. The van der Waals surface area contributed by atoms with E-state index in [4.69, 9.17) is 14.2 Å². The SMILES string of the molecule is C=CC(=O)OCCCCCCCCCOc1ccc(N=Cc2cc3sc(N=Nc4ccc(N(CC)CCOC(=O)C=C)cc4)nc3s2)cc1. The van der Waals surface area contributed by atoms with Crippen LogP contribution in [0.15, 0.2) is 95.1 Å². The number of thiazole rings is 1. The van der Waals surface area contributed by atoms with Crippen LogP contribution >= 0.6 is 22.7 Å². The summed E-state index contributed by atoms with van der Waals surface area (Å²) in [5, 5.41) is 9.31. The first-order chi connectivity index (χ1) is 24.0. The molecule has 4 aromatic rings. The summed E-state index contributed by atoms with van der Waals surface area (Å²) in [5.41, 5.74) is 2.60. The number of hydrogen-bond donors (Lipinski definition) is 0. The third-order valence-electron chi connectivity index (χ3n) is 7.36. The molecular formula is C37H43N5O5S2. The average molecular weight is 702 g/mol. The Bertz CT molecular complexity index is 1660. The molecule has 2 heterocycles. The second kappa shape index (κ2) is 20.6. The lowest BCUT2D eigenvalue weighted by Gasteiger charge is -2.22. The van der Waals surface area contributed by atoms with Gasteiger partial charge in [0.2, 0.25) is 5.13 Å². The Morgan fingerprint density at radius 3 is 2.08 bits per heavy atom. The van der Waals surface area contributed by atoms with Crippen molar-refractivity contribution >= 4 is 72.6 Å². The molecule has 2 aromatic carbocycles. The van der Waals surface area contributed by atoms with Gasteiger partial charge in [0.15, 0.2) is 0 Å². The van der Waals surface area contributed by atoms with Gasteiger partial charge < -0.3 is 19.1 Å². The molecule has 0 amide bonds. The van der Waals surface area contributed by atoms with E-state index in [0.29, 0.717) is 31.5 Å². The highest BCUT2D eigenvalue weighted by Gasteiger charge is 2.09. The van der Waals surface area contributed by atoms with Crippen molar-refractivity contribution in [2.45, 2.75) is 51.9 Å². The van der Waals surface area contributed by atoms with Crippen LogP contribution in [0.3, 0.4) is 0 Å². The molecule has 49 heavy (non-hydrogen) atoms. The van der Waals surface area contributed by atoms with E-state index in [1.807, 2.05) is 61.7 Å². The molecule has 0 radical (unpaired) electrons. The first-order valence-electron chi connectivity index (χ1n) is 16.5. The maximum absolute atomic E-state index is 11.3. The fraction of sp³-hybridized carbons (Fsp3) is 0.351. The molecule has 4 rings (SSSR count). The first-order valence-corrected chi connectivity index (χ1v) is 18.1. The van der Waals surface area contributed by atoms with Crippen LogP contribution in [0.4, 0.5) is 22.2 Å². The monoisotopic (exact) mass is 701 g/mol. The zero-order valence-corrected chi connectivity index (χ0v) is 29.6. The predicted octanol–water partition coefficient (Wildman–Crippen LogP) is 9.92. The van der Waals surface area contributed by atoms with Crippen molar-refractivity contribution in [2.24, 2.45) is 15.2 Å². The van der Waals surface area contributed by atoms with Crippen LogP contribution in [-0.4, -0.2) is 56.0 Å². The van der Waals surface area contributed by atoms with Gasteiger partial charge in [-0.1, -0.05) is 56.6 Å². The van der Waals surface area contributed by atoms with E-state index in [2.05, 4.69) is 44.3 Å². The van der Waals surface area contributed by atoms with Crippen molar-refractivity contribution < 1.29 is 23.8 Å². The minimum Gasteiger partial charge on any atom is -0.494 e. The number of aromatic nitrogens is 1. The quantitative estimate of drug-likeness (QED) is 0.0263. The number of fused-ring (bicyclic) bond motifs is 1. The highest BCUT2D eigenvalue weighted by Crippen LogP contribution is 2.35. The molecule has 0 N–H and O–H groups in total. The molecule has 0 fully saturated rings. The Labute approximate surface area is 295 Å². The third-order valence-corrected chi connectivity index (χ3v) is 9.34. The molecule has 0 aliphatic rings. The molecule has 0 saturated heterocycles. The van der Waals surface area contributed by atoms with Gasteiger partial charge in [-0.3, -0.25) is 4.99 Å². The summed E-state index contributed by atoms with van der Waals surface area (Å²) in [7, 11) is 0. The fourth-order valence-electron chi connectivity index (χ4n) is 4.74. The molecule has 0 saturated carbocycles. The average Bonchev–Trinajstić information content (AvgIpc) is 3.70. The second-order valence-corrected chi connectivity index (χ2v) is 13.0. The van der Waals surface area contributed by atoms with Crippen LogP contribution in [0.2, 0.25) is 0 Å². The Morgan fingerprint density at radius 1 is 0.796 bits per heavy atom. The van der Waals surface area contributed by atoms with Crippen LogP contribution < -0.4 is 9.64 Å². The van der Waals surface area contributed by atoms with E-state index in [-0.39, 0.29) is 5.97 Å². The number of unbranched alkanes of at least 4 members (excludes halogenated alkanes) is 6. The minimum atomic E-state index is -0.420. The number of rotatable bonds is 22. The van der Waals surface area contributed by atoms with E-state index < -0.39 is 5.97 Å². The zero-order chi connectivity index (χ0) is 34.7. The topological polar surface area (TPSA) is 115 Å². The number of hydrogen-bond acceptors (Lipinski definition) is 12. The molecule has 258 valence electrons. The Kier molecular flexibility index (Phi) is 15.6. The van der Waals surface area contributed by atoms with Crippen LogP contribution in [0.25, 0.3) is 9.53 Å². The third kappa shape index (κ3) is 13.0. The van der Waals surface area contributed by atoms with Gasteiger partial charge in [-0.05, 0) is 74.4 Å². The summed E-state index contributed by atoms with van der Waals surface area (Å²) in [6, 6.07) is 17.6. The van der Waals surface area contributed by atoms with Gasteiger partial charge >= 0.3 is 11.9 Å². The molecule has 2 aromatic heterocycles. The standard InChI is InChI=1S/C37H43N5O5S2/c1-4-34(43)46-24-13-11-9-7-8-10-12-23-45-31-20-16-28(17-21-31)38-27-32-26-33-36(48-32)39-37(49-33)41-40-29-14-18-30(19-15-29)42(6-3)22-25-47-35(44)5-2/h4-5,14-21,26-27H,1-2,6-13,22-25H2,3H3. The van der Waals surface area contributed by atoms with Crippen molar-refractivity contribution in [1.82, 2.24) is 4.98 Å². The van der Waals surface area contributed by atoms with Crippen molar-refractivity contribution in [1.29, 1.82) is 0 Å². The van der Waals surface area contributed by atoms with Gasteiger partial charge in [-0.15, -0.1) is 21.6 Å². The Morgan fingerprint density at radius 2 is 1.43 bits per heavy atom. The van der Waals surface area contributed by atoms with Crippen molar-refractivity contribution in [2.75, 3.05) is 37.8 Å². The van der Waals surface area contributed by atoms with Crippen LogP contribution in [0.1, 0.15) is 56.7 Å². The van der Waals surface area contributed by atoms with Crippen LogP contribution in [0.5, 0.6) is 5.75 Å². The summed E-state index contributed by atoms with van der Waals surface area (Å²) in [5.74, 6) is 0.0778. The Balaban J connectivity index is 1.15. The highest BCUT2D eigenvalue weighted by atomic mass is 32.1. The summed E-state index contributed by atoms with van der Waals surface area (Å²) in [4.78, 5) is 35.6. The normalized spacial score (nSPS) is 11.3. The smallest absolute Gasteiger partial charge is 0.330 e. The number of carbonyl (C=O) groups excluding carboxylic acids is 2. The maximum atomic E-state index is 11.3. The van der Waals surface area contributed by atoms with Gasteiger partial charge in [-0.2, -0.15) is 0 Å². The number of benzene rings is 2. The molecule has 0 bridgehead atoms. The number of aliphatic imine (C=N–C) groups is 1. The maximum Gasteiger partial charge on any atom is 0.330 e. The van der Waals surface area contributed by atoms with E-state index in [1.165, 1.54) is 36.3 Å². The van der Waals surface area contributed by atoms with E-state index >= 15 is 0 Å². The summed E-state index contributed by atoms with van der Waals surface area (Å²) in [6.07, 6.45) is 11.9. The molecule has 0 unspecified atom stereocenters. The molecule has 10 nitrogen and oxygen atoms in total. The number of carbonyl (C=O) groups is 2. The number of azo groups is 1. The Hall–Kier alpha value is -4.68. The summed E-state index contributed by atoms with van der Waals surface area (Å²) >= 11 is 3.06. The number of ether oxygens (including phenoxy) is 3. The zero-order valence-electron chi connectivity index (χ0n) is 27.9. The second-order valence-electron chi connectivity index (χ2n) is 10.9. The molecule has 12 heteroatoms. The van der Waals surface area contributed by atoms with Crippen LogP contribution in [-0.2, 0) is 19.1 Å². The molecule has 0 spiro atoms. The van der Waals surface area contributed by atoms with Gasteiger partial charge in [-0.25, -0.2) is 14.6 Å². The van der Waals surface area contributed by atoms with Gasteiger partial charge in [0.25, 0.3) is 0 Å². The number of thiophene rings is 1. The van der Waals surface area contributed by atoms with E-state index in [9.17, 15) is 9.59 Å². The van der Waals surface area contributed by atoms with Crippen molar-refractivity contribution in [3.05, 3.63) is 84.8 Å². The van der Waals surface area contributed by atoms with E-state index in [1.54, 1.807) is 11.3 Å². The molecule has 0 atom stereocenters. The number of likely N-dealkylation sites (N-methyl/N-ethyl adjacent to an activating group) is 1. The van der Waals surface area contributed by atoms with Crippen LogP contribution in [0, 0.1) is 0 Å². The fourth-order valence-corrected chi connectivity index (χ4v) is 6.65. The predicted molar refractivity (Wildman–Crippen MR) is 200 cm³/mol. The number of nitrogens with zero attached hydrogens (tertiary/aromatic N) is 5. The molecular weight excluding hydrogens is 659 g/mol. The number of anilines is 1. The lowest BCUT2D eigenvalue weighted by atomic mass is 10.1. The van der Waals surface area contributed by atoms with Crippen molar-refractivity contribution in [3.8, 4) is 5.75 Å². The summed E-state index contributed by atoms with van der Waals surface area (Å²) in [6.45, 7) is 11.7. The van der Waals surface area contributed by atoms with Crippen molar-refractivity contribution in [3.63, 3.8) is 0 Å². The van der Waals surface area contributed by atoms with Gasteiger partial charge in [0, 0.05) is 35.5 Å². The lowest BCUT2D eigenvalue weighted by Crippen LogP contribution is -2.27. The molecule has 0 aliphatic heterocycles.